The lowest BCUT2D eigenvalue weighted by atomic mass is 9.64. The number of halogens is 1. The summed E-state index contributed by atoms with van der Waals surface area (Å²) >= 11 is 0. The van der Waals surface area contributed by atoms with Gasteiger partial charge in [-0.15, -0.1) is 12.4 Å². The zero-order valence-electron chi connectivity index (χ0n) is 8.21. The molecule has 1 aliphatic rings. The van der Waals surface area contributed by atoms with Gasteiger partial charge in [-0.25, -0.2) is 0 Å². The molecule has 1 unspecified atom stereocenters. The van der Waals surface area contributed by atoms with Crippen LogP contribution in [0.5, 0.6) is 0 Å². The third-order valence-corrected chi connectivity index (χ3v) is 3.33. The molecule has 0 aliphatic heterocycles. The second-order valence-corrected chi connectivity index (χ2v) is 4.01. The van der Waals surface area contributed by atoms with Gasteiger partial charge in [0, 0.05) is 11.5 Å². The molecule has 3 heteroatoms. The smallest absolute Gasteiger partial charge is 0.0502 e. The molecule has 0 aromatic carbocycles. The fraction of sp³-hybridized carbons (Fsp3) is 1.00. The van der Waals surface area contributed by atoms with Crippen molar-refractivity contribution in [3.8, 4) is 0 Å². The Hall–Kier alpha value is 0.210. The number of hydrogen-bond acceptors (Lipinski definition) is 2. The van der Waals surface area contributed by atoms with Gasteiger partial charge in [0.15, 0.2) is 0 Å². The first-order valence-corrected chi connectivity index (χ1v) is 4.40. The molecule has 0 spiro atoms. The zero-order chi connectivity index (χ0) is 8.48. The summed E-state index contributed by atoms with van der Waals surface area (Å²) in [5.41, 5.74) is 0.226. The van der Waals surface area contributed by atoms with E-state index >= 15 is 0 Å². The summed E-state index contributed by atoms with van der Waals surface area (Å²) < 4.78 is 0. The highest BCUT2D eigenvalue weighted by atomic mass is 35.5. The minimum absolute atomic E-state index is 0. The van der Waals surface area contributed by atoms with Crippen LogP contribution in [0.3, 0.4) is 0 Å². The molecule has 1 N–H and O–H groups in total. The molecule has 1 aliphatic carbocycles. The quantitative estimate of drug-likeness (QED) is 0.735. The highest BCUT2D eigenvalue weighted by Crippen LogP contribution is 2.44. The molecule has 0 radical (unpaired) electrons. The Labute approximate surface area is 81.4 Å². The Morgan fingerprint density at radius 2 is 1.92 bits per heavy atom. The molecular formula is C9H20ClNO. The summed E-state index contributed by atoms with van der Waals surface area (Å²) in [6.07, 6.45) is 3.68. The number of hydrogen-bond donors (Lipinski definition) is 1. The van der Waals surface area contributed by atoms with Crippen molar-refractivity contribution in [3.05, 3.63) is 0 Å². The van der Waals surface area contributed by atoms with E-state index in [1.54, 1.807) is 0 Å². The average molecular weight is 194 g/mol. The molecule has 0 aromatic rings. The number of aliphatic hydroxyl groups is 1. The van der Waals surface area contributed by atoms with Crippen LogP contribution in [0.1, 0.15) is 26.2 Å². The maximum atomic E-state index is 9.23. The van der Waals surface area contributed by atoms with Gasteiger partial charge in [-0.05, 0) is 33.9 Å². The molecule has 1 atom stereocenters. The third kappa shape index (κ3) is 1.93. The maximum Gasteiger partial charge on any atom is 0.0502 e. The lowest BCUT2D eigenvalue weighted by Crippen LogP contribution is -2.49. The summed E-state index contributed by atoms with van der Waals surface area (Å²) in [4.78, 5) is 2.20. The molecule has 1 fully saturated rings. The van der Waals surface area contributed by atoms with E-state index in [-0.39, 0.29) is 17.8 Å². The van der Waals surface area contributed by atoms with Crippen LogP contribution in [0.4, 0.5) is 0 Å². The molecule has 0 bridgehead atoms. The van der Waals surface area contributed by atoms with Gasteiger partial charge in [0.05, 0.1) is 6.61 Å². The van der Waals surface area contributed by atoms with Crippen LogP contribution in [0, 0.1) is 5.41 Å². The van der Waals surface area contributed by atoms with Gasteiger partial charge in [0.2, 0.25) is 0 Å². The summed E-state index contributed by atoms with van der Waals surface area (Å²) in [5.74, 6) is 0. The predicted molar refractivity (Wildman–Crippen MR) is 53.8 cm³/mol. The first kappa shape index (κ1) is 12.2. The van der Waals surface area contributed by atoms with Crippen molar-refractivity contribution in [2.45, 2.75) is 32.2 Å². The Morgan fingerprint density at radius 3 is 2.00 bits per heavy atom. The lowest BCUT2D eigenvalue weighted by molar-refractivity contribution is -0.0214. The fourth-order valence-corrected chi connectivity index (χ4v) is 1.89. The minimum Gasteiger partial charge on any atom is -0.396 e. The van der Waals surface area contributed by atoms with Crippen molar-refractivity contribution >= 4 is 12.4 Å². The fourth-order valence-electron chi connectivity index (χ4n) is 1.89. The van der Waals surface area contributed by atoms with Crippen LogP contribution < -0.4 is 0 Å². The molecule has 74 valence electrons. The van der Waals surface area contributed by atoms with Crippen LogP contribution in [0.25, 0.3) is 0 Å². The second-order valence-electron chi connectivity index (χ2n) is 4.01. The van der Waals surface area contributed by atoms with Crippen molar-refractivity contribution in [1.29, 1.82) is 0 Å². The van der Waals surface area contributed by atoms with E-state index in [2.05, 4.69) is 25.9 Å². The van der Waals surface area contributed by atoms with Crippen LogP contribution >= 0.6 is 12.4 Å². The number of nitrogens with zero attached hydrogens (tertiary/aromatic N) is 1. The average Bonchev–Trinajstić information content (AvgIpc) is 1.86. The van der Waals surface area contributed by atoms with E-state index in [1.807, 2.05) is 0 Å². The lowest BCUT2D eigenvalue weighted by Gasteiger charge is -2.47. The van der Waals surface area contributed by atoms with E-state index in [0.717, 1.165) is 0 Å². The first-order valence-electron chi connectivity index (χ1n) is 4.40. The Bertz CT molecular complexity index is 129. The molecule has 12 heavy (non-hydrogen) atoms. The summed E-state index contributed by atoms with van der Waals surface area (Å²) in [5, 5.41) is 9.23. The van der Waals surface area contributed by atoms with Gasteiger partial charge in [-0.2, -0.15) is 0 Å². The Morgan fingerprint density at radius 1 is 1.42 bits per heavy atom. The van der Waals surface area contributed by atoms with Crippen molar-refractivity contribution in [2.75, 3.05) is 20.7 Å². The maximum absolute atomic E-state index is 9.23. The van der Waals surface area contributed by atoms with Crippen molar-refractivity contribution < 1.29 is 5.11 Å². The largest absolute Gasteiger partial charge is 0.396 e. The summed E-state index contributed by atoms with van der Waals surface area (Å²) in [6, 6.07) is 0.515. The van der Waals surface area contributed by atoms with E-state index in [4.69, 9.17) is 0 Å². The highest BCUT2D eigenvalue weighted by molar-refractivity contribution is 5.85. The van der Waals surface area contributed by atoms with E-state index in [0.29, 0.717) is 12.6 Å². The van der Waals surface area contributed by atoms with Crippen LogP contribution in [0.15, 0.2) is 0 Å². The van der Waals surface area contributed by atoms with Gasteiger partial charge in [-0.3, -0.25) is 0 Å². The van der Waals surface area contributed by atoms with E-state index < -0.39 is 0 Å². The minimum atomic E-state index is 0. The van der Waals surface area contributed by atoms with E-state index in [9.17, 15) is 5.11 Å². The van der Waals surface area contributed by atoms with E-state index in [1.165, 1.54) is 19.3 Å². The van der Waals surface area contributed by atoms with Crippen LogP contribution in [-0.2, 0) is 0 Å². The van der Waals surface area contributed by atoms with Crippen molar-refractivity contribution in [3.63, 3.8) is 0 Å². The molecule has 0 heterocycles. The van der Waals surface area contributed by atoms with Gasteiger partial charge in [-0.1, -0.05) is 6.42 Å². The monoisotopic (exact) mass is 193 g/mol. The topological polar surface area (TPSA) is 23.5 Å². The first-order chi connectivity index (χ1) is 5.12. The number of aliphatic hydroxyl groups excluding tert-OH is 1. The van der Waals surface area contributed by atoms with Gasteiger partial charge in [0.25, 0.3) is 0 Å². The van der Waals surface area contributed by atoms with Gasteiger partial charge < -0.3 is 10.0 Å². The normalized spacial score (nSPS) is 22.8. The molecule has 1 saturated carbocycles. The highest BCUT2D eigenvalue weighted by Gasteiger charge is 2.42. The van der Waals surface area contributed by atoms with Crippen molar-refractivity contribution in [2.24, 2.45) is 5.41 Å². The summed E-state index contributed by atoms with van der Waals surface area (Å²) in [6.45, 7) is 2.56. The molecule has 0 saturated heterocycles. The third-order valence-electron chi connectivity index (χ3n) is 3.33. The molecular weight excluding hydrogens is 174 g/mol. The van der Waals surface area contributed by atoms with Gasteiger partial charge in [0.1, 0.15) is 0 Å². The Kier molecular flexibility index (Phi) is 4.53. The van der Waals surface area contributed by atoms with Gasteiger partial charge >= 0.3 is 0 Å². The predicted octanol–water partition coefficient (Wildman–Crippen LogP) is 1.52. The second kappa shape index (κ2) is 4.45. The molecule has 0 aromatic heterocycles. The number of rotatable bonds is 3. The van der Waals surface area contributed by atoms with Crippen LogP contribution in [0.2, 0.25) is 0 Å². The SMILES string of the molecule is CC(N(C)C)C1(CO)CCC1.Cl. The molecule has 2 nitrogen and oxygen atoms in total. The zero-order valence-corrected chi connectivity index (χ0v) is 9.02. The molecule has 1 rings (SSSR count). The van der Waals surface area contributed by atoms with Crippen molar-refractivity contribution in [1.82, 2.24) is 4.90 Å². The van der Waals surface area contributed by atoms with Crippen LogP contribution in [-0.4, -0.2) is 36.8 Å². The Balaban J connectivity index is 0.00000121. The molecule has 0 amide bonds. The standard InChI is InChI=1S/C9H19NO.ClH/c1-8(10(2)3)9(7-11)5-4-6-9;/h8,11H,4-7H2,1-3H3;1H. The summed E-state index contributed by atoms with van der Waals surface area (Å²) in [7, 11) is 4.17.